The van der Waals surface area contributed by atoms with Crippen molar-refractivity contribution >= 4 is 17.0 Å². The molecular weight excluding hydrogens is 340 g/mol. The highest BCUT2D eigenvalue weighted by molar-refractivity contribution is 5.78. The van der Waals surface area contributed by atoms with Crippen molar-refractivity contribution in [3.63, 3.8) is 0 Å². The van der Waals surface area contributed by atoms with Crippen molar-refractivity contribution in [1.29, 1.82) is 0 Å². The van der Waals surface area contributed by atoms with E-state index in [9.17, 15) is 4.79 Å². The Hall–Kier alpha value is -2.79. The van der Waals surface area contributed by atoms with Crippen LogP contribution in [0.15, 0.2) is 65.3 Å². The normalized spacial score (nSPS) is 18.8. The van der Waals surface area contributed by atoms with Crippen LogP contribution in [-0.2, 0) is 17.9 Å². The van der Waals surface area contributed by atoms with Crippen LogP contribution in [0.1, 0.15) is 24.0 Å². The van der Waals surface area contributed by atoms with Crippen molar-refractivity contribution in [3.8, 4) is 0 Å². The van der Waals surface area contributed by atoms with Crippen LogP contribution < -0.4 is 10.6 Å². The van der Waals surface area contributed by atoms with Crippen molar-refractivity contribution < 1.29 is 13.9 Å². The quantitative estimate of drug-likeness (QED) is 0.659. The molecular formula is C22H24N2O3. The molecule has 5 nitrogen and oxygen atoms in total. The van der Waals surface area contributed by atoms with Gasteiger partial charge in [0, 0.05) is 18.5 Å². The first kappa shape index (κ1) is 17.6. The lowest BCUT2D eigenvalue weighted by molar-refractivity contribution is -0.0389. The van der Waals surface area contributed by atoms with Gasteiger partial charge in [0.25, 0.3) is 0 Å². The van der Waals surface area contributed by atoms with Crippen LogP contribution in [0.4, 0.5) is 4.79 Å². The summed E-state index contributed by atoms with van der Waals surface area (Å²) in [6.45, 7) is 1.83. The van der Waals surface area contributed by atoms with E-state index < -0.39 is 0 Å². The summed E-state index contributed by atoms with van der Waals surface area (Å²) >= 11 is 0. The number of fused-ring (bicyclic) bond motifs is 1. The van der Waals surface area contributed by atoms with E-state index in [1.165, 1.54) is 5.56 Å². The topological polar surface area (TPSA) is 63.5 Å². The number of carbonyl (C=O) groups excluding carboxylic acids is 1. The largest absolute Gasteiger partial charge is 0.464 e. The second kappa shape index (κ2) is 8.27. The van der Waals surface area contributed by atoms with E-state index in [1.807, 2.05) is 42.5 Å². The Morgan fingerprint density at radius 2 is 1.89 bits per heavy atom. The van der Waals surface area contributed by atoms with Gasteiger partial charge < -0.3 is 19.8 Å². The molecule has 0 bridgehead atoms. The Bertz CT molecular complexity index is 885. The van der Waals surface area contributed by atoms with E-state index in [4.69, 9.17) is 9.15 Å². The molecule has 2 amide bonds. The van der Waals surface area contributed by atoms with Gasteiger partial charge in [0.1, 0.15) is 5.58 Å². The average molecular weight is 364 g/mol. The molecule has 1 aliphatic rings. The Morgan fingerprint density at radius 3 is 2.74 bits per heavy atom. The number of ether oxygens (including phenoxy) is 1. The molecule has 2 N–H and O–H groups in total. The predicted octanol–water partition coefficient (Wildman–Crippen LogP) is 4.23. The molecule has 4 rings (SSSR count). The minimum absolute atomic E-state index is 0.136. The smallest absolute Gasteiger partial charge is 0.315 e. The van der Waals surface area contributed by atoms with Gasteiger partial charge in [0.15, 0.2) is 0 Å². The molecule has 5 heteroatoms. The Balaban J connectivity index is 1.11. The summed E-state index contributed by atoms with van der Waals surface area (Å²) in [6, 6.07) is 17.9. The minimum Gasteiger partial charge on any atom is -0.464 e. The monoisotopic (exact) mass is 364 g/mol. The van der Waals surface area contributed by atoms with E-state index in [0.29, 0.717) is 31.7 Å². The molecule has 1 fully saturated rings. The van der Waals surface area contributed by atoms with Gasteiger partial charge in [-0.1, -0.05) is 42.5 Å². The van der Waals surface area contributed by atoms with Crippen LogP contribution >= 0.6 is 0 Å². The van der Waals surface area contributed by atoms with Gasteiger partial charge in [0.05, 0.1) is 19.0 Å². The fraction of sp³-hybridized carbons (Fsp3) is 0.318. The number of urea groups is 1. The van der Waals surface area contributed by atoms with Crippen molar-refractivity contribution in [2.45, 2.75) is 32.1 Å². The van der Waals surface area contributed by atoms with Gasteiger partial charge >= 0.3 is 6.03 Å². The molecule has 0 unspecified atom stereocenters. The molecule has 0 saturated heterocycles. The summed E-state index contributed by atoms with van der Waals surface area (Å²) in [5, 5.41) is 6.91. The number of carbonyl (C=O) groups is 1. The molecule has 0 spiro atoms. The number of hydrogen-bond donors (Lipinski definition) is 2. The van der Waals surface area contributed by atoms with Gasteiger partial charge in [-0.25, -0.2) is 4.79 Å². The maximum Gasteiger partial charge on any atom is 0.315 e. The summed E-state index contributed by atoms with van der Waals surface area (Å²) in [4.78, 5) is 12.0. The van der Waals surface area contributed by atoms with Crippen molar-refractivity contribution in [2.75, 3.05) is 6.54 Å². The first-order chi connectivity index (χ1) is 13.3. The lowest BCUT2D eigenvalue weighted by Gasteiger charge is -2.35. The predicted molar refractivity (Wildman–Crippen MR) is 104 cm³/mol. The molecule has 1 aliphatic carbocycles. The third-order valence-electron chi connectivity index (χ3n) is 5.05. The summed E-state index contributed by atoms with van der Waals surface area (Å²) in [5.41, 5.74) is 3.06. The van der Waals surface area contributed by atoms with Crippen LogP contribution in [-0.4, -0.2) is 18.7 Å². The van der Waals surface area contributed by atoms with Gasteiger partial charge in [-0.3, -0.25) is 0 Å². The summed E-state index contributed by atoms with van der Waals surface area (Å²) < 4.78 is 11.3. The summed E-state index contributed by atoms with van der Waals surface area (Å²) in [5.74, 6) is 0.496. The molecule has 140 valence electrons. The van der Waals surface area contributed by atoms with E-state index >= 15 is 0 Å². The number of amides is 2. The summed E-state index contributed by atoms with van der Waals surface area (Å²) in [7, 11) is 0. The highest BCUT2D eigenvalue weighted by atomic mass is 16.5. The van der Waals surface area contributed by atoms with Crippen LogP contribution in [0, 0.1) is 5.92 Å². The molecule has 27 heavy (non-hydrogen) atoms. The number of benzene rings is 2. The molecule has 3 aromatic rings. The molecule has 0 atom stereocenters. The first-order valence-corrected chi connectivity index (χ1v) is 9.39. The van der Waals surface area contributed by atoms with Crippen molar-refractivity contribution in [2.24, 2.45) is 5.92 Å². The molecule has 2 aromatic carbocycles. The molecule has 1 saturated carbocycles. The average Bonchev–Trinajstić information content (AvgIpc) is 3.13. The third-order valence-corrected chi connectivity index (χ3v) is 5.05. The van der Waals surface area contributed by atoms with Crippen LogP contribution in [0.25, 0.3) is 11.0 Å². The zero-order chi connectivity index (χ0) is 18.5. The number of nitrogens with one attached hydrogen (secondary N) is 2. The van der Waals surface area contributed by atoms with Crippen molar-refractivity contribution in [3.05, 3.63) is 72.0 Å². The highest BCUT2D eigenvalue weighted by Gasteiger charge is 2.29. The maximum absolute atomic E-state index is 12.0. The third kappa shape index (κ3) is 4.68. The van der Waals surface area contributed by atoms with Gasteiger partial charge in [-0.2, -0.15) is 0 Å². The van der Waals surface area contributed by atoms with Gasteiger partial charge in [0.2, 0.25) is 0 Å². The fourth-order valence-corrected chi connectivity index (χ4v) is 3.36. The van der Waals surface area contributed by atoms with E-state index in [0.717, 1.165) is 29.4 Å². The zero-order valence-electron chi connectivity index (χ0n) is 15.2. The fourth-order valence-electron chi connectivity index (χ4n) is 3.36. The number of hydrogen-bond acceptors (Lipinski definition) is 3. The van der Waals surface area contributed by atoms with Crippen molar-refractivity contribution in [1.82, 2.24) is 10.6 Å². The Kier molecular flexibility index (Phi) is 5.39. The molecule has 1 aromatic heterocycles. The highest BCUT2D eigenvalue weighted by Crippen LogP contribution is 2.30. The molecule has 0 aliphatic heterocycles. The van der Waals surface area contributed by atoms with E-state index in [-0.39, 0.29) is 6.03 Å². The Labute approximate surface area is 158 Å². The Morgan fingerprint density at radius 1 is 1.04 bits per heavy atom. The second-order valence-electron chi connectivity index (χ2n) is 7.11. The lowest BCUT2D eigenvalue weighted by Crippen LogP contribution is -2.43. The van der Waals surface area contributed by atoms with Crippen LogP contribution in [0.2, 0.25) is 0 Å². The van der Waals surface area contributed by atoms with E-state index in [2.05, 4.69) is 22.8 Å². The SMILES string of the molecule is O=C(NCc1ccc2ccoc2c1)NCC1CC(OCc2ccccc2)C1. The number of furan rings is 1. The minimum atomic E-state index is -0.136. The standard InChI is InChI=1S/C22H24N2O3/c25-22(23-13-17-6-7-19-8-9-26-21(19)12-17)24-14-18-10-20(11-18)27-15-16-4-2-1-3-5-16/h1-9,12,18,20H,10-11,13-15H2,(H2,23,24,25). The molecule has 1 heterocycles. The summed E-state index contributed by atoms with van der Waals surface area (Å²) in [6.07, 6.45) is 3.98. The van der Waals surface area contributed by atoms with E-state index in [1.54, 1.807) is 6.26 Å². The second-order valence-corrected chi connectivity index (χ2v) is 7.11. The van der Waals surface area contributed by atoms with Crippen LogP contribution in [0.5, 0.6) is 0 Å². The first-order valence-electron chi connectivity index (χ1n) is 9.39. The zero-order valence-corrected chi connectivity index (χ0v) is 15.2. The van der Waals surface area contributed by atoms with Gasteiger partial charge in [-0.15, -0.1) is 0 Å². The maximum atomic E-state index is 12.0. The van der Waals surface area contributed by atoms with Crippen LogP contribution in [0.3, 0.4) is 0 Å². The lowest BCUT2D eigenvalue weighted by atomic mass is 9.82. The number of rotatable bonds is 7. The molecule has 0 radical (unpaired) electrons. The van der Waals surface area contributed by atoms with Gasteiger partial charge in [-0.05, 0) is 42.0 Å².